The first-order valence-corrected chi connectivity index (χ1v) is 8.63. The molecule has 0 atom stereocenters. The van der Waals surface area contributed by atoms with Crippen LogP contribution in [0.3, 0.4) is 0 Å². The molecule has 3 heterocycles. The van der Waals surface area contributed by atoms with Crippen molar-refractivity contribution >= 4 is 17.0 Å². The average molecular weight is 356 g/mol. The van der Waals surface area contributed by atoms with E-state index in [-0.39, 0.29) is 17.3 Å². The van der Waals surface area contributed by atoms with Crippen molar-refractivity contribution in [1.29, 1.82) is 0 Å². The van der Waals surface area contributed by atoms with E-state index >= 15 is 0 Å². The van der Waals surface area contributed by atoms with Crippen molar-refractivity contribution in [3.05, 3.63) is 57.8 Å². The average Bonchev–Trinajstić information content (AvgIpc) is 2.99. The fourth-order valence-electron chi connectivity index (χ4n) is 3.49. The van der Waals surface area contributed by atoms with Gasteiger partial charge in [-0.15, -0.1) is 0 Å². The van der Waals surface area contributed by atoms with E-state index < -0.39 is 0 Å². The van der Waals surface area contributed by atoms with Crippen LogP contribution in [0.5, 0.6) is 0 Å². The van der Waals surface area contributed by atoms with E-state index in [0.29, 0.717) is 17.6 Å². The summed E-state index contributed by atoms with van der Waals surface area (Å²) >= 11 is 0. The van der Waals surface area contributed by atoms with Crippen LogP contribution in [-0.2, 0) is 13.1 Å². The van der Waals surface area contributed by atoms with Crippen LogP contribution in [0.4, 0.5) is 10.3 Å². The third-order valence-electron chi connectivity index (χ3n) is 4.80. The number of hydrogen-bond donors (Lipinski definition) is 3. The van der Waals surface area contributed by atoms with Gasteiger partial charge >= 0.3 is 0 Å². The molecule has 0 saturated carbocycles. The summed E-state index contributed by atoms with van der Waals surface area (Å²) in [6.07, 6.45) is 1.82. The lowest BCUT2D eigenvalue weighted by atomic mass is 10.1. The second-order valence-electron chi connectivity index (χ2n) is 6.67. The van der Waals surface area contributed by atoms with Gasteiger partial charge in [0.15, 0.2) is 0 Å². The number of hydrogen-bond acceptors (Lipinski definition) is 5. The fraction of sp³-hybridized carbons (Fsp3) is 0.333. The highest BCUT2D eigenvalue weighted by atomic mass is 19.1. The van der Waals surface area contributed by atoms with Gasteiger partial charge in [-0.1, -0.05) is 12.1 Å². The van der Waals surface area contributed by atoms with Gasteiger partial charge in [-0.05, 0) is 23.3 Å². The summed E-state index contributed by atoms with van der Waals surface area (Å²) in [5.74, 6) is -0.0817. The molecular formula is C18H21FN6O. The summed E-state index contributed by atoms with van der Waals surface area (Å²) in [5.41, 5.74) is 7.80. The first-order chi connectivity index (χ1) is 12.6. The lowest BCUT2D eigenvalue weighted by Crippen LogP contribution is -2.45. The van der Waals surface area contributed by atoms with Gasteiger partial charge in [-0.3, -0.25) is 19.6 Å². The number of aromatic nitrogens is 3. The Bertz CT molecular complexity index is 973. The molecule has 4 N–H and O–H groups in total. The Morgan fingerprint density at radius 3 is 2.62 bits per heavy atom. The molecule has 7 nitrogen and oxygen atoms in total. The number of H-pyrrole nitrogens is 2. The molecule has 1 saturated heterocycles. The first kappa shape index (κ1) is 16.7. The Morgan fingerprint density at radius 2 is 1.88 bits per heavy atom. The Balaban J connectivity index is 1.39. The second kappa shape index (κ2) is 6.89. The van der Waals surface area contributed by atoms with Crippen LogP contribution in [0.2, 0.25) is 0 Å². The van der Waals surface area contributed by atoms with E-state index in [2.05, 4.69) is 24.8 Å². The molecule has 0 unspecified atom stereocenters. The van der Waals surface area contributed by atoms with Gasteiger partial charge in [0, 0.05) is 45.5 Å². The molecule has 2 aromatic heterocycles. The van der Waals surface area contributed by atoms with Gasteiger partial charge in [0.2, 0.25) is 5.95 Å². The van der Waals surface area contributed by atoms with Crippen LogP contribution >= 0.6 is 0 Å². The SMILES string of the molecule is Nc1nc2[nH]cc(CN3CCN(Cc4cccc(F)c4)CC3)c2c(=O)[nH]1. The van der Waals surface area contributed by atoms with Crippen LogP contribution in [-0.4, -0.2) is 50.9 Å². The zero-order chi connectivity index (χ0) is 18.1. The molecular weight excluding hydrogens is 335 g/mol. The van der Waals surface area contributed by atoms with Crippen LogP contribution in [0.15, 0.2) is 35.3 Å². The molecule has 0 radical (unpaired) electrons. The number of nitrogens with one attached hydrogen (secondary N) is 2. The predicted octanol–water partition coefficient (Wildman–Crippen LogP) is 1.29. The maximum absolute atomic E-state index is 13.3. The van der Waals surface area contributed by atoms with Gasteiger partial charge in [-0.25, -0.2) is 4.39 Å². The number of nitrogen functional groups attached to an aromatic ring is 1. The minimum Gasteiger partial charge on any atom is -0.369 e. The molecule has 0 amide bonds. The van der Waals surface area contributed by atoms with E-state index in [1.807, 2.05) is 12.3 Å². The van der Waals surface area contributed by atoms with Crippen molar-refractivity contribution < 1.29 is 4.39 Å². The Labute approximate surface area is 149 Å². The molecule has 1 aliphatic heterocycles. The topological polar surface area (TPSA) is 94.0 Å². The lowest BCUT2D eigenvalue weighted by molar-refractivity contribution is 0.122. The van der Waals surface area contributed by atoms with Crippen molar-refractivity contribution in [2.24, 2.45) is 0 Å². The Hall–Kier alpha value is -2.71. The van der Waals surface area contributed by atoms with E-state index in [9.17, 15) is 9.18 Å². The number of nitrogens with two attached hydrogens (primary N) is 1. The maximum Gasteiger partial charge on any atom is 0.262 e. The Morgan fingerprint density at radius 1 is 1.15 bits per heavy atom. The second-order valence-corrected chi connectivity index (χ2v) is 6.67. The largest absolute Gasteiger partial charge is 0.369 e. The highest BCUT2D eigenvalue weighted by Crippen LogP contribution is 2.17. The summed E-state index contributed by atoms with van der Waals surface area (Å²) in [5, 5.41) is 0.571. The van der Waals surface area contributed by atoms with E-state index in [1.54, 1.807) is 12.1 Å². The fourth-order valence-corrected chi connectivity index (χ4v) is 3.49. The summed E-state index contributed by atoms with van der Waals surface area (Å²) in [7, 11) is 0. The van der Waals surface area contributed by atoms with Crippen molar-refractivity contribution in [3.8, 4) is 0 Å². The highest BCUT2D eigenvalue weighted by Gasteiger charge is 2.19. The highest BCUT2D eigenvalue weighted by molar-refractivity contribution is 5.79. The molecule has 8 heteroatoms. The van der Waals surface area contributed by atoms with Crippen LogP contribution in [0.1, 0.15) is 11.1 Å². The van der Waals surface area contributed by atoms with E-state index in [1.165, 1.54) is 6.07 Å². The maximum atomic E-state index is 13.3. The van der Waals surface area contributed by atoms with Crippen molar-refractivity contribution in [3.63, 3.8) is 0 Å². The molecule has 136 valence electrons. The standard InChI is InChI=1S/C18H21FN6O/c19-14-3-1-2-12(8-14)10-24-4-6-25(7-5-24)11-13-9-21-16-15(13)17(26)23-18(20)22-16/h1-3,8-9H,4-7,10-11H2,(H4,20,21,22,23,26). The minimum absolute atomic E-state index is 0.113. The number of rotatable bonds is 4. The minimum atomic E-state index is -0.214. The lowest BCUT2D eigenvalue weighted by Gasteiger charge is -2.34. The number of halogens is 1. The van der Waals surface area contributed by atoms with E-state index in [4.69, 9.17) is 5.73 Å². The smallest absolute Gasteiger partial charge is 0.262 e. The molecule has 0 spiro atoms. The molecule has 1 aliphatic rings. The van der Waals surface area contributed by atoms with Gasteiger partial charge in [-0.2, -0.15) is 4.98 Å². The van der Waals surface area contributed by atoms with E-state index in [0.717, 1.165) is 43.9 Å². The molecule has 26 heavy (non-hydrogen) atoms. The Kier molecular flexibility index (Phi) is 4.44. The predicted molar refractivity (Wildman–Crippen MR) is 98.1 cm³/mol. The monoisotopic (exact) mass is 356 g/mol. The molecule has 1 fully saturated rings. The quantitative estimate of drug-likeness (QED) is 0.655. The van der Waals surface area contributed by atoms with Gasteiger partial charge in [0.05, 0.1) is 5.39 Å². The van der Waals surface area contributed by atoms with Crippen LogP contribution < -0.4 is 11.3 Å². The third kappa shape index (κ3) is 3.47. The van der Waals surface area contributed by atoms with Gasteiger partial charge in [0.25, 0.3) is 5.56 Å². The number of benzene rings is 1. The van der Waals surface area contributed by atoms with Crippen LogP contribution in [0, 0.1) is 5.82 Å². The number of aromatic amines is 2. The summed E-state index contributed by atoms with van der Waals surface area (Å²) in [6.45, 7) is 5.02. The number of piperazine rings is 1. The zero-order valence-electron chi connectivity index (χ0n) is 14.3. The summed E-state index contributed by atoms with van der Waals surface area (Å²) in [6, 6.07) is 6.75. The zero-order valence-corrected chi connectivity index (χ0v) is 14.3. The summed E-state index contributed by atoms with van der Waals surface area (Å²) in [4.78, 5) is 26.5. The van der Waals surface area contributed by atoms with Crippen molar-refractivity contribution in [1.82, 2.24) is 24.8 Å². The number of anilines is 1. The van der Waals surface area contributed by atoms with Crippen molar-refractivity contribution in [2.45, 2.75) is 13.1 Å². The molecule has 0 aliphatic carbocycles. The van der Waals surface area contributed by atoms with Gasteiger partial charge < -0.3 is 10.7 Å². The normalized spacial score (nSPS) is 16.3. The molecule has 4 rings (SSSR count). The third-order valence-corrected chi connectivity index (χ3v) is 4.80. The molecule has 0 bridgehead atoms. The number of fused-ring (bicyclic) bond motifs is 1. The first-order valence-electron chi connectivity index (χ1n) is 8.63. The number of nitrogens with zero attached hydrogens (tertiary/aromatic N) is 3. The van der Waals surface area contributed by atoms with Gasteiger partial charge in [0.1, 0.15) is 11.5 Å². The summed E-state index contributed by atoms with van der Waals surface area (Å²) < 4.78 is 13.3. The molecule has 1 aromatic carbocycles. The molecule has 3 aromatic rings. The van der Waals surface area contributed by atoms with Crippen molar-refractivity contribution in [2.75, 3.05) is 31.9 Å². The van der Waals surface area contributed by atoms with Crippen LogP contribution in [0.25, 0.3) is 11.0 Å².